The number of amides is 1. The van der Waals surface area contributed by atoms with Gasteiger partial charge >= 0.3 is 0 Å². The van der Waals surface area contributed by atoms with Gasteiger partial charge in [-0.15, -0.1) is 0 Å². The van der Waals surface area contributed by atoms with Crippen molar-refractivity contribution < 1.29 is 9.90 Å². The van der Waals surface area contributed by atoms with Gasteiger partial charge in [0, 0.05) is 13.0 Å². The summed E-state index contributed by atoms with van der Waals surface area (Å²) >= 11 is 0. The first-order valence-corrected chi connectivity index (χ1v) is 4.42. The number of aliphatic hydroxyl groups is 1. The van der Waals surface area contributed by atoms with Gasteiger partial charge in [-0.2, -0.15) is 0 Å². The molecule has 1 aliphatic rings. The van der Waals surface area contributed by atoms with E-state index in [1.165, 1.54) is 0 Å². The highest BCUT2D eigenvalue weighted by atomic mass is 16.3. The van der Waals surface area contributed by atoms with Crippen molar-refractivity contribution in [3.8, 4) is 5.97 Å². The van der Waals surface area contributed by atoms with E-state index >= 15 is 0 Å². The van der Waals surface area contributed by atoms with Gasteiger partial charge in [0.15, 0.2) is 0 Å². The summed E-state index contributed by atoms with van der Waals surface area (Å²) in [5.41, 5.74) is -0.944. The van der Waals surface area contributed by atoms with Crippen LogP contribution >= 0.6 is 0 Å². The van der Waals surface area contributed by atoms with Crippen molar-refractivity contribution in [3.05, 3.63) is 0 Å². The van der Waals surface area contributed by atoms with Crippen LogP contribution in [-0.4, -0.2) is 30.4 Å². The van der Waals surface area contributed by atoms with E-state index < -0.39 is 5.60 Å². The lowest BCUT2D eigenvalue weighted by Crippen LogP contribution is -2.33. The number of rotatable bonds is 2. The Hall–Kier alpha value is -1.02. The number of nitrogens with zero attached hydrogens (tertiary/aromatic N) is 1. The largest absolute Gasteiger partial charge is 0.390 e. The Balaban J connectivity index is 2.50. The minimum absolute atomic E-state index is 0.0883. The first-order valence-electron chi connectivity index (χ1n) is 4.42. The fourth-order valence-electron chi connectivity index (χ4n) is 1.76. The van der Waals surface area contributed by atoms with E-state index in [4.69, 9.17) is 5.26 Å². The maximum absolute atomic E-state index is 11.0. The topological polar surface area (TPSA) is 73.1 Å². The molecule has 0 spiro atoms. The van der Waals surface area contributed by atoms with Crippen LogP contribution in [0, 0.1) is 11.2 Å². The normalized spacial score (nSPS) is 27.0. The third kappa shape index (κ3) is 2.46. The predicted octanol–water partition coefficient (Wildman–Crippen LogP) is -0.185. The summed E-state index contributed by atoms with van der Waals surface area (Å²) in [6, 6.07) is 0. The molecule has 13 heavy (non-hydrogen) atoms. The van der Waals surface area contributed by atoms with Crippen molar-refractivity contribution in [3.63, 3.8) is 0 Å². The maximum atomic E-state index is 11.0. The Morgan fingerprint density at radius 3 is 3.00 bits per heavy atom. The minimum Gasteiger partial charge on any atom is -0.390 e. The maximum Gasteiger partial charge on any atom is 0.270 e. The van der Waals surface area contributed by atoms with Gasteiger partial charge in [-0.3, -0.25) is 4.79 Å². The average Bonchev–Trinajstić information content (AvgIpc) is 2.47. The van der Waals surface area contributed by atoms with Crippen LogP contribution in [0.15, 0.2) is 0 Å². The molecule has 1 aliphatic heterocycles. The molecule has 1 amide bonds. The quantitative estimate of drug-likeness (QED) is 0.578. The summed E-state index contributed by atoms with van der Waals surface area (Å²) in [6.45, 7) is -0.0883. The van der Waals surface area contributed by atoms with E-state index in [2.05, 4.69) is 11.3 Å². The summed E-state index contributed by atoms with van der Waals surface area (Å²) in [5, 5.41) is 21.0. The molecule has 0 aromatic rings. The van der Waals surface area contributed by atoms with E-state index in [1.54, 1.807) is 7.05 Å². The van der Waals surface area contributed by atoms with Crippen LogP contribution in [0.1, 0.15) is 12.8 Å². The zero-order chi connectivity index (χ0) is 9.90. The third-order valence-corrected chi connectivity index (χ3v) is 2.54. The standard InChI is InChI=1S/C8H13BN2O2/c1-11-7(12)4-8(13)2-3-9(5-8)6-10/h13H,2-5H2,1H3,(H,11,12). The van der Waals surface area contributed by atoms with Gasteiger partial charge in [0.2, 0.25) is 5.91 Å². The molecule has 70 valence electrons. The van der Waals surface area contributed by atoms with Crippen molar-refractivity contribution >= 4 is 12.6 Å². The van der Waals surface area contributed by atoms with Crippen LogP contribution in [0.25, 0.3) is 0 Å². The fourth-order valence-corrected chi connectivity index (χ4v) is 1.76. The number of hydrogen-bond acceptors (Lipinski definition) is 3. The van der Waals surface area contributed by atoms with Gasteiger partial charge in [-0.25, -0.2) is 5.26 Å². The second-order valence-corrected chi connectivity index (χ2v) is 3.64. The Kier molecular flexibility index (Phi) is 2.94. The van der Waals surface area contributed by atoms with E-state index in [0.29, 0.717) is 19.1 Å². The highest BCUT2D eigenvalue weighted by Crippen LogP contribution is 2.33. The number of nitriles is 1. The average molecular weight is 180 g/mol. The SMILES string of the molecule is CNC(=O)CC1(O)CCB(C#N)C1. The molecule has 1 unspecified atom stereocenters. The summed E-state index contributed by atoms with van der Waals surface area (Å²) in [5.74, 6) is 1.95. The molecule has 0 aliphatic carbocycles. The van der Waals surface area contributed by atoms with Crippen LogP contribution in [0.2, 0.25) is 12.6 Å². The van der Waals surface area contributed by atoms with Crippen molar-refractivity contribution in [1.29, 1.82) is 5.26 Å². The second-order valence-electron chi connectivity index (χ2n) is 3.64. The smallest absolute Gasteiger partial charge is 0.270 e. The van der Waals surface area contributed by atoms with Crippen LogP contribution in [0.4, 0.5) is 0 Å². The molecule has 1 heterocycles. The summed E-state index contributed by atoms with van der Waals surface area (Å²) in [4.78, 5) is 11.0. The molecule has 2 N–H and O–H groups in total. The van der Waals surface area contributed by atoms with Crippen LogP contribution in [0.5, 0.6) is 0 Å². The highest BCUT2D eigenvalue weighted by molar-refractivity contribution is 6.68. The van der Waals surface area contributed by atoms with Gasteiger partial charge in [0.25, 0.3) is 6.71 Å². The molecule has 0 aromatic heterocycles. The van der Waals surface area contributed by atoms with E-state index in [1.807, 2.05) is 0 Å². The number of carbonyl (C=O) groups excluding carboxylic acids is 1. The molecule has 1 saturated heterocycles. The van der Waals surface area contributed by atoms with Crippen molar-refractivity contribution in [2.45, 2.75) is 31.1 Å². The molecule has 5 heteroatoms. The van der Waals surface area contributed by atoms with Gasteiger partial charge in [0.05, 0.1) is 12.0 Å². The molecule has 0 saturated carbocycles. The lowest BCUT2D eigenvalue weighted by molar-refractivity contribution is -0.124. The van der Waals surface area contributed by atoms with Gasteiger partial charge in [0.1, 0.15) is 0 Å². The highest BCUT2D eigenvalue weighted by Gasteiger charge is 2.40. The predicted molar refractivity (Wildman–Crippen MR) is 49.2 cm³/mol. The molecule has 1 atom stereocenters. The molecule has 1 rings (SSSR count). The number of hydrogen-bond donors (Lipinski definition) is 2. The van der Waals surface area contributed by atoms with E-state index in [0.717, 1.165) is 0 Å². The van der Waals surface area contributed by atoms with Crippen molar-refractivity contribution in [2.24, 2.45) is 0 Å². The van der Waals surface area contributed by atoms with Crippen LogP contribution < -0.4 is 5.32 Å². The van der Waals surface area contributed by atoms with Crippen molar-refractivity contribution in [1.82, 2.24) is 5.32 Å². The van der Waals surface area contributed by atoms with E-state index in [-0.39, 0.29) is 19.0 Å². The molecule has 0 aromatic carbocycles. The van der Waals surface area contributed by atoms with Crippen LogP contribution in [-0.2, 0) is 4.79 Å². The molecular weight excluding hydrogens is 167 g/mol. The molecule has 4 nitrogen and oxygen atoms in total. The number of carbonyl (C=O) groups is 1. The summed E-state index contributed by atoms with van der Waals surface area (Å²) in [7, 11) is 1.54. The second kappa shape index (κ2) is 3.80. The molecule has 1 fully saturated rings. The molecule has 0 radical (unpaired) electrons. The first-order chi connectivity index (χ1) is 6.09. The van der Waals surface area contributed by atoms with Crippen LogP contribution in [0.3, 0.4) is 0 Å². The van der Waals surface area contributed by atoms with Gasteiger partial charge in [-0.05, 0) is 12.7 Å². The Morgan fingerprint density at radius 2 is 2.54 bits per heavy atom. The zero-order valence-corrected chi connectivity index (χ0v) is 7.71. The lowest BCUT2D eigenvalue weighted by Gasteiger charge is -2.20. The van der Waals surface area contributed by atoms with Crippen molar-refractivity contribution in [2.75, 3.05) is 7.05 Å². The Labute approximate surface area is 78.0 Å². The monoisotopic (exact) mass is 180 g/mol. The number of nitrogens with one attached hydrogen (secondary N) is 1. The fraction of sp³-hybridized carbons (Fsp3) is 0.750. The first kappa shape index (κ1) is 10.1. The third-order valence-electron chi connectivity index (χ3n) is 2.54. The van der Waals surface area contributed by atoms with Gasteiger partial charge < -0.3 is 10.4 Å². The Bertz CT molecular complexity index is 251. The lowest BCUT2D eigenvalue weighted by atomic mass is 9.49. The van der Waals surface area contributed by atoms with E-state index in [9.17, 15) is 9.90 Å². The zero-order valence-electron chi connectivity index (χ0n) is 7.71. The van der Waals surface area contributed by atoms with Gasteiger partial charge in [-0.1, -0.05) is 6.32 Å². The molecular formula is C8H13BN2O2. The summed E-state index contributed by atoms with van der Waals surface area (Å²) in [6.07, 6.45) is 1.79. The Morgan fingerprint density at radius 1 is 1.85 bits per heavy atom. The minimum atomic E-state index is -0.944. The molecule has 0 bridgehead atoms. The summed E-state index contributed by atoms with van der Waals surface area (Å²) < 4.78 is 0.